The monoisotopic (exact) mass is 503 g/mol. The second kappa shape index (κ2) is 9.35. The molecule has 0 fully saturated rings. The molecule has 2 aromatic carbocycles. The van der Waals surface area contributed by atoms with Crippen LogP contribution in [0.3, 0.4) is 0 Å². The first-order valence-electron chi connectivity index (χ1n) is 8.61. The second-order valence-corrected chi connectivity index (χ2v) is 10.9. The van der Waals surface area contributed by atoms with Gasteiger partial charge >= 0.3 is 0 Å². The van der Waals surface area contributed by atoms with E-state index < -0.39 is 32.5 Å². The van der Waals surface area contributed by atoms with Gasteiger partial charge in [0, 0.05) is 16.7 Å². The first-order valence-corrected chi connectivity index (χ1v) is 12.3. The van der Waals surface area contributed by atoms with Crippen molar-refractivity contribution in [3.8, 4) is 0 Å². The average Bonchev–Trinajstić information content (AvgIpc) is 2.67. The number of hydrogen-bond donors (Lipinski definition) is 2. The second-order valence-electron chi connectivity index (χ2n) is 6.12. The minimum absolute atomic E-state index is 0.00395. The first kappa shape index (κ1) is 23.5. The number of likely N-dealkylation sites (N-methyl/N-ethyl adjacent to an activating group) is 1. The van der Waals surface area contributed by atoms with Gasteiger partial charge < -0.3 is 5.32 Å². The normalized spacial score (nSPS) is 12.2. The van der Waals surface area contributed by atoms with Crippen LogP contribution in [0.15, 0.2) is 56.7 Å². The Hall–Kier alpha value is -1.79. The number of nitrogens with one attached hydrogen (secondary N) is 2. The number of hydrogen-bond acceptors (Lipinski definition) is 5. The van der Waals surface area contributed by atoms with E-state index in [1.54, 1.807) is 32.0 Å². The smallest absolute Gasteiger partial charge is 0.243 e. The summed E-state index contributed by atoms with van der Waals surface area (Å²) in [6.45, 7) is 3.03. The van der Waals surface area contributed by atoms with Crippen LogP contribution in [0.1, 0.15) is 12.5 Å². The minimum Gasteiger partial charge on any atom is -0.325 e. The largest absolute Gasteiger partial charge is 0.325 e. The maximum Gasteiger partial charge on any atom is 0.243 e. The highest BCUT2D eigenvalue weighted by atomic mass is 79.9. The number of halogens is 1. The molecule has 2 rings (SSSR count). The van der Waals surface area contributed by atoms with Gasteiger partial charge in [-0.3, -0.25) is 4.79 Å². The van der Waals surface area contributed by atoms with E-state index in [1.165, 1.54) is 31.3 Å². The third kappa shape index (κ3) is 5.64. The molecule has 0 unspecified atom stereocenters. The van der Waals surface area contributed by atoms with Gasteiger partial charge in [-0.2, -0.15) is 4.31 Å². The fourth-order valence-corrected chi connectivity index (χ4v) is 4.92. The molecule has 0 saturated carbocycles. The van der Waals surface area contributed by atoms with Gasteiger partial charge in [-0.1, -0.05) is 28.9 Å². The van der Waals surface area contributed by atoms with Crippen molar-refractivity contribution in [1.29, 1.82) is 0 Å². The number of anilines is 1. The summed E-state index contributed by atoms with van der Waals surface area (Å²) in [5, 5.41) is 2.60. The molecule has 0 saturated heterocycles. The molecule has 0 heterocycles. The predicted octanol–water partition coefficient (Wildman–Crippen LogP) is 2.31. The van der Waals surface area contributed by atoms with Crippen LogP contribution in [0.2, 0.25) is 0 Å². The molecule has 0 aliphatic heterocycles. The zero-order valence-electron chi connectivity index (χ0n) is 16.1. The fourth-order valence-electron chi connectivity index (χ4n) is 2.49. The van der Waals surface area contributed by atoms with Gasteiger partial charge in [0.25, 0.3) is 0 Å². The molecule has 0 bridgehead atoms. The predicted molar refractivity (Wildman–Crippen MR) is 115 cm³/mol. The number of benzene rings is 2. The van der Waals surface area contributed by atoms with Gasteiger partial charge in [-0.15, -0.1) is 0 Å². The summed E-state index contributed by atoms with van der Waals surface area (Å²) in [5.41, 5.74) is 0.940. The molecule has 0 aliphatic rings. The number of sulfonamides is 2. The molecule has 8 nitrogen and oxygen atoms in total. The van der Waals surface area contributed by atoms with Crippen molar-refractivity contribution in [2.24, 2.45) is 0 Å². The lowest BCUT2D eigenvalue weighted by molar-refractivity contribution is -0.116. The van der Waals surface area contributed by atoms with Gasteiger partial charge in [0.05, 0.1) is 16.3 Å². The van der Waals surface area contributed by atoms with Gasteiger partial charge in [0.15, 0.2) is 0 Å². The Bertz CT molecular complexity index is 1100. The number of aryl methyl sites for hydroxylation is 1. The topological polar surface area (TPSA) is 113 Å². The zero-order chi connectivity index (χ0) is 21.8. The summed E-state index contributed by atoms with van der Waals surface area (Å²) in [6, 6.07) is 10.4. The summed E-state index contributed by atoms with van der Waals surface area (Å²) in [5.74, 6) is -0.574. The van der Waals surface area contributed by atoms with Crippen LogP contribution in [0.25, 0.3) is 0 Å². The van der Waals surface area contributed by atoms with E-state index in [4.69, 9.17) is 0 Å². The Morgan fingerprint density at radius 3 is 2.17 bits per heavy atom. The lowest BCUT2D eigenvalue weighted by Crippen LogP contribution is -2.38. The molecule has 1 amide bonds. The summed E-state index contributed by atoms with van der Waals surface area (Å²) in [6.07, 6.45) is 0. The Balaban J connectivity index is 2.23. The number of nitrogens with zero attached hydrogens (tertiary/aromatic N) is 1. The fraction of sp³-hybridized carbons (Fsp3) is 0.278. The van der Waals surface area contributed by atoms with Gasteiger partial charge in [-0.05, 0) is 55.9 Å². The quantitative estimate of drug-likeness (QED) is 0.573. The molecular formula is C18H22BrN3O5S2. The van der Waals surface area contributed by atoms with E-state index >= 15 is 0 Å². The maximum absolute atomic E-state index is 12.8. The van der Waals surface area contributed by atoms with Crippen LogP contribution in [0.4, 0.5) is 5.69 Å². The van der Waals surface area contributed by atoms with Crippen LogP contribution in [-0.2, 0) is 24.8 Å². The standard InChI is InChI=1S/C18H22BrN3O5S2/c1-4-22(29(26,27)15-9-6-14(19)7-10-15)12-18(23)21-17-11-16(8-5-13(17)2)28(24,25)20-3/h5-11,20H,4,12H2,1-3H3,(H,21,23). The highest BCUT2D eigenvalue weighted by Gasteiger charge is 2.25. The SMILES string of the molecule is CCN(CC(=O)Nc1cc(S(=O)(=O)NC)ccc1C)S(=O)(=O)c1ccc(Br)cc1. The van der Waals surface area contributed by atoms with E-state index in [-0.39, 0.29) is 16.3 Å². The van der Waals surface area contributed by atoms with Crippen LogP contribution in [-0.4, -0.2) is 47.2 Å². The Morgan fingerprint density at radius 2 is 1.62 bits per heavy atom. The number of amides is 1. The van der Waals surface area contributed by atoms with Crippen molar-refractivity contribution in [2.75, 3.05) is 25.5 Å². The molecule has 29 heavy (non-hydrogen) atoms. The summed E-state index contributed by atoms with van der Waals surface area (Å²) < 4.78 is 53.5. The van der Waals surface area contributed by atoms with Crippen LogP contribution in [0, 0.1) is 6.92 Å². The number of carbonyl (C=O) groups excluding carboxylic acids is 1. The number of carbonyl (C=O) groups is 1. The van der Waals surface area contributed by atoms with Gasteiger partial charge in [0.2, 0.25) is 26.0 Å². The van der Waals surface area contributed by atoms with Gasteiger partial charge in [-0.25, -0.2) is 21.6 Å². The molecule has 158 valence electrons. The number of rotatable bonds is 8. The molecule has 0 atom stereocenters. The third-order valence-electron chi connectivity index (χ3n) is 4.19. The summed E-state index contributed by atoms with van der Waals surface area (Å²) >= 11 is 3.26. The van der Waals surface area contributed by atoms with Gasteiger partial charge in [0.1, 0.15) is 0 Å². The molecule has 0 aromatic heterocycles. The van der Waals surface area contributed by atoms with E-state index in [9.17, 15) is 21.6 Å². The van der Waals surface area contributed by atoms with Crippen molar-refractivity contribution in [2.45, 2.75) is 23.6 Å². The zero-order valence-corrected chi connectivity index (χ0v) is 19.4. The van der Waals surface area contributed by atoms with Crippen molar-refractivity contribution in [3.05, 3.63) is 52.5 Å². The van der Waals surface area contributed by atoms with E-state index in [1.807, 2.05) is 0 Å². The highest BCUT2D eigenvalue weighted by molar-refractivity contribution is 9.10. The van der Waals surface area contributed by atoms with E-state index in [0.29, 0.717) is 11.3 Å². The summed E-state index contributed by atoms with van der Waals surface area (Å²) in [7, 11) is -6.24. The highest BCUT2D eigenvalue weighted by Crippen LogP contribution is 2.21. The first-order chi connectivity index (χ1) is 13.5. The Morgan fingerprint density at radius 1 is 1.03 bits per heavy atom. The molecule has 0 radical (unpaired) electrons. The van der Waals surface area contributed by atoms with E-state index in [0.717, 1.165) is 8.78 Å². The molecule has 0 spiro atoms. The minimum atomic E-state index is -3.85. The molecule has 2 aromatic rings. The summed E-state index contributed by atoms with van der Waals surface area (Å²) in [4.78, 5) is 12.6. The van der Waals surface area contributed by atoms with E-state index in [2.05, 4.69) is 26.0 Å². The van der Waals surface area contributed by atoms with Crippen LogP contribution >= 0.6 is 15.9 Å². The van der Waals surface area contributed by atoms with Crippen molar-refractivity contribution < 1.29 is 21.6 Å². The Labute approximate surface area is 179 Å². The maximum atomic E-state index is 12.8. The molecule has 0 aliphatic carbocycles. The molecule has 11 heteroatoms. The van der Waals surface area contributed by atoms with Crippen LogP contribution < -0.4 is 10.0 Å². The van der Waals surface area contributed by atoms with Crippen LogP contribution in [0.5, 0.6) is 0 Å². The average molecular weight is 504 g/mol. The Kier molecular flexibility index (Phi) is 7.57. The lowest BCUT2D eigenvalue weighted by atomic mass is 10.2. The van der Waals surface area contributed by atoms with Crippen molar-refractivity contribution in [3.63, 3.8) is 0 Å². The third-order valence-corrected chi connectivity index (χ3v) is 8.06. The molecule has 2 N–H and O–H groups in total. The van der Waals surface area contributed by atoms with Crippen molar-refractivity contribution >= 4 is 47.6 Å². The van der Waals surface area contributed by atoms with Crippen molar-refractivity contribution in [1.82, 2.24) is 9.03 Å². The lowest BCUT2D eigenvalue weighted by Gasteiger charge is -2.20. The molecular weight excluding hydrogens is 482 g/mol.